The zero-order chi connectivity index (χ0) is 25.8. The van der Waals surface area contributed by atoms with E-state index >= 15 is 0 Å². The van der Waals surface area contributed by atoms with E-state index in [1.54, 1.807) is 0 Å². The molecular weight excluding hydrogens is 506 g/mol. The van der Waals surface area contributed by atoms with Crippen LogP contribution in [-0.4, -0.2) is 32.3 Å². The van der Waals surface area contributed by atoms with Gasteiger partial charge in [-0.15, -0.1) is 21.5 Å². The third kappa shape index (κ3) is 5.70. The van der Waals surface area contributed by atoms with Crippen LogP contribution in [0.1, 0.15) is 45.0 Å². The number of ether oxygens (including phenoxy) is 1. The first kappa shape index (κ1) is 25.0. The number of aromatic nitrogens is 3. The van der Waals surface area contributed by atoms with Gasteiger partial charge in [0, 0.05) is 10.6 Å². The SMILES string of the molecule is Cc1ccc(OCc2nnc(SCC(=O)Nc3sc4c(c3C(N)=O)CCCC4)n2-c2ccccc2)cc1. The van der Waals surface area contributed by atoms with E-state index < -0.39 is 5.91 Å². The zero-order valence-corrected chi connectivity index (χ0v) is 22.0. The molecule has 3 N–H and O–H groups in total. The average molecular weight is 534 g/mol. The van der Waals surface area contributed by atoms with E-state index in [1.807, 2.05) is 66.1 Å². The molecule has 0 aliphatic heterocycles. The number of anilines is 1. The maximum atomic E-state index is 12.9. The van der Waals surface area contributed by atoms with Gasteiger partial charge in [-0.25, -0.2) is 0 Å². The van der Waals surface area contributed by atoms with Crippen LogP contribution in [0.4, 0.5) is 5.00 Å². The lowest BCUT2D eigenvalue weighted by Gasteiger charge is -2.12. The molecule has 10 heteroatoms. The molecule has 2 aromatic heterocycles. The summed E-state index contributed by atoms with van der Waals surface area (Å²) >= 11 is 2.73. The molecule has 37 heavy (non-hydrogen) atoms. The molecule has 0 bridgehead atoms. The Hall–Kier alpha value is -3.63. The molecule has 0 radical (unpaired) electrons. The molecule has 1 aliphatic rings. The maximum absolute atomic E-state index is 12.9. The summed E-state index contributed by atoms with van der Waals surface area (Å²) in [6, 6.07) is 17.5. The van der Waals surface area contributed by atoms with Crippen molar-refractivity contribution >= 4 is 39.9 Å². The molecule has 2 heterocycles. The van der Waals surface area contributed by atoms with Crippen molar-refractivity contribution in [3.8, 4) is 11.4 Å². The summed E-state index contributed by atoms with van der Waals surface area (Å²) in [7, 11) is 0. The van der Waals surface area contributed by atoms with E-state index in [9.17, 15) is 9.59 Å². The first-order valence-electron chi connectivity index (χ1n) is 12.1. The lowest BCUT2D eigenvalue weighted by Crippen LogP contribution is -2.19. The van der Waals surface area contributed by atoms with Crippen LogP contribution in [0, 0.1) is 6.92 Å². The van der Waals surface area contributed by atoms with Crippen molar-refractivity contribution in [1.29, 1.82) is 0 Å². The fourth-order valence-corrected chi connectivity index (χ4v) is 6.40. The maximum Gasteiger partial charge on any atom is 0.251 e. The molecular formula is C27H27N5O3S2. The number of thiophene rings is 1. The number of rotatable bonds is 9. The highest BCUT2D eigenvalue weighted by Gasteiger charge is 2.25. The van der Waals surface area contributed by atoms with Gasteiger partial charge in [-0.05, 0) is 62.4 Å². The molecule has 1 aliphatic carbocycles. The van der Waals surface area contributed by atoms with Gasteiger partial charge >= 0.3 is 0 Å². The van der Waals surface area contributed by atoms with Gasteiger partial charge in [0.1, 0.15) is 17.4 Å². The zero-order valence-electron chi connectivity index (χ0n) is 20.4. The molecule has 2 amide bonds. The topological polar surface area (TPSA) is 112 Å². The molecule has 0 spiro atoms. The lowest BCUT2D eigenvalue weighted by molar-refractivity contribution is -0.113. The van der Waals surface area contributed by atoms with Crippen LogP contribution >= 0.6 is 23.1 Å². The van der Waals surface area contributed by atoms with Gasteiger partial charge in [0.2, 0.25) is 5.91 Å². The summed E-state index contributed by atoms with van der Waals surface area (Å²) in [5.74, 6) is 0.739. The summed E-state index contributed by atoms with van der Waals surface area (Å²) in [6.07, 6.45) is 3.85. The summed E-state index contributed by atoms with van der Waals surface area (Å²) in [4.78, 5) is 26.2. The number of para-hydroxylation sites is 1. The normalized spacial score (nSPS) is 12.7. The molecule has 8 nitrogen and oxygen atoms in total. The molecule has 0 atom stereocenters. The molecule has 5 rings (SSSR count). The highest BCUT2D eigenvalue weighted by atomic mass is 32.2. The van der Waals surface area contributed by atoms with E-state index in [2.05, 4.69) is 15.5 Å². The van der Waals surface area contributed by atoms with Crippen LogP contribution < -0.4 is 15.8 Å². The minimum atomic E-state index is -0.496. The average Bonchev–Trinajstić information content (AvgIpc) is 3.48. The number of hydrogen-bond donors (Lipinski definition) is 2. The lowest BCUT2D eigenvalue weighted by atomic mass is 9.95. The van der Waals surface area contributed by atoms with E-state index in [1.165, 1.54) is 23.1 Å². The molecule has 0 unspecified atom stereocenters. The van der Waals surface area contributed by atoms with Gasteiger partial charge < -0.3 is 15.8 Å². The molecule has 2 aromatic carbocycles. The Morgan fingerprint density at radius 3 is 2.59 bits per heavy atom. The number of primary amides is 1. The highest BCUT2D eigenvalue weighted by molar-refractivity contribution is 7.99. The van der Waals surface area contributed by atoms with Gasteiger partial charge in [0.25, 0.3) is 5.91 Å². The predicted molar refractivity (Wildman–Crippen MR) is 146 cm³/mol. The van der Waals surface area contributed by atoms with Gasteiger partial charge in [-0.1, -0.05) is 47.7 Å². The first-order chi connectivity index (χ1) is 18.0. The van der Waals surface area contributed by atoms with Gasteiger partial charge in [0.15, 0.2) is 11.0 Å². The number of carbonyl (C=O) groups excluding carboxylic acids is 2. The second kappa shape index (κ2) is 11.2. The van der Waals surface area contributed by atoms with Crippen molar-refractivity contribution in [2.75, 3.05) is 11.1 Å². The monoisotopic (exact) mass is 533 g/mol. The number of hydrogen-bond acceptors (Lipinski definition) is 7. The first-order valence-corrected chi connectivity index (χ1v) is 13.9. The number of carbonyl (C=O) groups is 2. The Morgan fingerprint density at radius 2 is 1.84 bits per heavy atom. The van der Waals surface area contributed by atoms with Gasteiger partial charge in [0.05, 0.1) is 11.3 Å². The van der Waals surface area contributed by atoms with E-state index in [4.69, 9.17) is 10.5 Å². The second-order valence-corrected chi connectivity index (χ2v) is 10.8. The van der Waals surface area contributed by atoms with Crippen LogP contribution in [0.15, 0.2) is 59.8 Å². The van der Waals surface area contributed by atoms with Crippen molar-refractivity contribution in [3.63, 3.8) is 0 Å². The fraction of sp³-hybridized carbons (Fsp3) is 0.259. The summed E-state index contributed by atoms with van der Waals surface area (Å²) in [5, 5.41) is 12.7. The largest absolute Gasteiger partial charge is 0.486 e. The Bertz CT molecular complexity index is 1410. The van der Waals surface area contributed by atoms with Crippen LogP contribution in [0.3, 0.4) is 0 Å². The highest BCUT2D eigenvalue weighted by Crippen LogP contribution is 2.38. The van der Waals surface area contributed by atoms with E-state index in [0.717, 1.165) is 53.1 Å². The second-order valence-electron chi connectivity index (χ2n) is 8.79. The van der Waals surface area contributed by atoms with Crippen LogP contribution in [0.25, 0.3) is 5.69 Å². The standard InChI is InChI=1S/C27H27N5O3S2/c1-17-11-13-19(14-12-17)35-15-22-30-31-27(32(22)18-7-3-2-4-8-18)36-16-23(33)29-26-24(25(28)34)20-9-5-6-10-21(20)37-26/h2-4,7-8,11-14H,5-6,9-10,15-16H2,1H3,(H2,28,34)(H,29,33). The van der Waals surface area contributed by atoms with Crippen LogP contribution in [0.2, 0.25) is 0 Å². The number of aryl methyl sites for hydroxylation is 2. The molecule has 0 saturated heterocycles. The summed E-state index contributed by atoms with van der Waals surface area (Å²) in [5.41, 5.74) is 9.15. The third-order valence-corrected chi connectivity index (χ3v) is 8.24. The fourth-order valence-electron chi connectivity index (χ4n) is 4.31. The number of nitrogens with one attached hydrogen (secondary N) is 1. The van der Waals surface area contributed by atoms with Crippen molar-refractivity contribution < 1.29 is 14.3 Å². The number of benzene rings is 2. The predicted octanol–water partition coefficient (Wildman–Crippen LogP) is 4.92. The van der Waals surface area contributed by atoms with Crippen molar-refractivity contribution in [1.82, 2.24) is 14.8 Å². The van der Waals surface area contributed by atoms with Crippen molar-refractivity contribution in [2.45, 2.75) is 44.4 Å². The quantitative estimate of drug-likeness (QED) is 0.295. The van der Waals surface area contributed by atoms with Crippen LogP contribution in [-0.2, 0) is 24.2 Å². The van der Waals surface area contributed by atoms with Crippen molar-refractivity contribution in [2.24, 2.45) is 5.73 Å². The summed E-state index contributed by atoms with van der Waals surface area (Å²) < 4.78 is 7.84. The van der Waals surface area contributed by atoms with E-state index in [-0.39, 0.29) is 18.3 Å². The van der Waals surface area contributed by atoms with E-state index in [0.29, 0.717) is 21.5 Å². The van der Waals surface area contributed by atoms with Gasteiger partial charge in [-0.3, -0.25) is 14.2 Å². The van der Waals surface area contributed by atoms with Crippen LogP contribution in [0.5, 0.6) is 5.75 Å². The molecule has 0 saturated carbocycles. The smallest absolute Gasteiger partial charge is 0.251 e. The third-order valence-electron chi connectivity index (χ3n) is 6.11. The Morgan fingerprint density at radius 1 is 1.08 bits per heavy atom. The Balaban J connectivity index is 1.31. The molecule has 4 aromatic rings. The number of nitrogens with two attached hydrogens (primary N) is 1. The number of amides is 2. The Labute approximate surface area is 223 Å². The van der Waals surface area contributed by atoms with Crippen molar-refractivity contribution in [3.05, 3.63) is 82.0 Å². The number of fused-ring (bicyclic) bond motifs is 1. The summed E-state index contributed by atoms with van der Waals surface area (Å²) in [6.45, 7) is 2.25. The van der Waals surface area contributed by atoms with Gasteiger partial charge in [-0.2, -0.15) is 0 Å². The minimum Gasteiger partial charge on any atom is -0.486 e. The Kier molecular flexibility index (Phi) is 7.57. The number of thioether (sulfide) groups is 1. The minimum absolute atomic E-state index is 0.102. The molecule has 0 fully saturated rings. The molecule has 190 valence electrons. The number of nitrogens with zero attached hydrogens (tertiary/aromatic N) is 3.